The zero-order chi connectivity index (χ0) is 16.8. The number of hydrogen-bond donors (Lipinski definition) is 0. The quantitative estimate of drug-likeness (QED) is 0.665. The van der Waals surface area contributed by atoms with Crippen molar-refractivity contribution in [2.24, 2.45) is 11.8 Å². The number of hydrogen-bond acceptors (Lipinski definition) is 2. The maximum Gasteiger partial charge on any atom is 0.0963 e. The maximum absolute atomic E-state index is 5.96. The van der Waals surface area contributed by atoms with Crippen molar-refractivity contribution in [2.75, 3.05) is 13.7 Å². The van der Waals surface area contributed by atoms with E-state index >= 15 is 0 Å². The fraction of sp³-hybridized carbons (Fsp3) is 0.524. The molecule has 0 aromatic heterocycles. The highest BCUT2D eigenvalue weighted by molar-refractivity contribution is 5.29. The minimum Gasteiger partial charge on any atom is -0.501 e. The Morgan fingerprint density at radius 1 is 1.22 bits per heavy atom. The van der Waals surface area contributed by atoms with Gasteiger partial charge in [-0.15, -0.1) is 0 Å². The molecule has 2 unspecified atom stereocenters. The van der Waals surface area contributed by atoms with Crippen LogP contribution in [0.5, 0.6) is 0 Å². The van der Waals surface area contributed by atoms with Crippen molar-refractivity contribution < 1.29 is 9.47 Å². The Morgan fingerprint density at radius 3 is 2.70 bits per heavy atom. The maximum atomic E-state index is 5.96. The molecule has 1 aliphatic rings. The Morgan fingerprint density at radius 2 is 2.00 bits per heavy atom. The number of methoxy groups -OCH3 is 1. The summed E-state index contributed by atoms with van der Waals surface area (Å²) in [6.45, 7) is 10.3. The number of ether oxygens (including phenoxy) is 2. The van der Waals surface area contributed by atoms with Crippen molar-refractivity contribution in [3.8, 4) is 0 Å². The summed E-state index contributed by atoms with van der Waals surface area (Å²) in [6, 6.07) is 8.69. The van der Waals surface area contributed by atoms with Crippen LogP contribution in [0.3, 0.4) is 0 Å². The van der Waals surface area contributed by atoms with Gasteiger partial charge in [-0.05, 0) is 34.6 Å². The highest BCUT2D eigenvalue weighted by Crippen LogP contribution is 2.27. The van der Waals surface area contributed by atoms with Gasteiger partial charge in [0.15, 0.2) is 0 Å². The average Bonchev–Trinajstić information content (AvgIpc) is 2.54. The van der Waals surface area contributed by atoms with E-state index in [1.165, 1.54) is 16.7 Å². The van der Waals surface area contributed by atoms with Gasteiger partial charge in [0.05, 0.1) is 26.1 Å². The van der Waals surface area contributed by atoms with Gasteiger partial charge < -0.3 is 9.47 Å². The van der Waals surface area contributed by atoms with Crippen LogP contribution >= 0.6 is 0 Å². The smallest absolute Gasteiger partial charge is 0.0963 e. The highest BCUT2D eigenvalue weighted by atomic mass is 16.5. The third kappa shape index (κ3) is 5.24. The van der Waals surface area contributed by atoms with Gasteiger partial charge in [-0.25, -0.2) is 0 Å². The van der Waals surface area contributed by atoms with Gasteiger partial charge in [0.25, 0.3) is 0 Å². The largest absolute Gasteiger partial charge is 0.501 e. The van der Waals surface area contributed by atoms with E-state index in [0.29, 0.717) is 24.4 Å². The summed E-state index contributed by atoms with van der Waals surface area (Å²) in [5.41, 5.74) is 3.95. The monoisotopic (exact) mass is 314 g/mol. The molecule has 0 fully saturated rings. The van der Waals surface area contributed by atoms with Crippen molar-refractivity contribution >= 4 is 0 Å². The molecule has 0 bridgehead atoms. The number of rotatable bonds is 7. The molecule has 23 heavy (non-hydrogen) atoms. The van der Waals surface area contributed by atoms with Gasteiger partial charge in [-0.3, -0.25) is 0 Å². The molecule has 2 rings (SSSR count). The van der Waals surface area contributed by atoms with Crippen molar-refractivity contribution in [2.45, 2.75) is 46.6 Å². The lowest BCUT2D eigenvalue weighted by Crippen LogP contribution is -2.13. The number of allylic oxidation sites excluding steroid dienone is 3. The SMILES string of the molecule is COC1=CC(C(C)COCc2cccc(C(C)C)c2)=CC(C)C1. The highest BCUT2D eigenvalue weighted by Gasteiger charge is 2.16. The zero-order valence-electron chi connectivity index (χ0n) is 15.1. The molecule has 0 radical (unpaired) electrons. The summed E-state index contributed by atoms with van der Waals surface area (Å²) in [5.74, 6) is 2.55. The van der Waals surface area contributed by atoms with Crippen LogP contribution in [0.1, 0.15) is 51.2 Å². The first-order valence-corrected chi connectivity index (χ1v) is 8.62. The van der Waals surface area contributed by atoms with Crippen molar-refractivity contribution in [3.63, 3.8) is 0 Å². The second-order valence-electron chi connectivity index (χ2n) is 6.98. The molecule has 1 aromatic rings. The van der Waals surface area contributed by atoms with Crippen LogP contribution in [-0.4, -0.2) is 13.7 Å². The lowest BCUT2D eigenvalue weighted by molar-refractivity contribution is 0.101. The molecule has 0 amide bonds. The van der Waals surface area contributed by atoms with Crippen LogP contribution < -0.4 is 0 Å². The predicted molar refractivity (Wildman–Crippen MR) is 96.3 cm³/mol. The fourth-order valence-electron chi connectivity index (χ4n) is 2.94. The third-order valence-electron chi connectivity index (χ3n) is 4.41. The van der Waals surface area contributed by atoms with Gasteiger partial charge in [-0.1, -0.05) is 58.0 Å². The molecule has 2 nitrogen and oxygen atoms in total. The normalized spacial score (nSPS) is 19.3. The van der Waals surface area contributed by atoms with Crippen LogP contribution in [0.4, 0.5) is 0 Å². The van der Waals surface area contributed by atoms with E-state index in [1.54, 1.807) is 7.11 Å². The molecule has 0 saturated carbocycles. The molecule has 0 aliphatic heterocycles. The van der Waals surface area contributed by atoms with Crippen LogP contribution in [-0.2, 0) is 16.1 Å². The van der Waals surface area contributed by atoms with E-state index in [-0.39, 0.29) is 0 Å². The number of benzene rings is 1. The Balaban J connectivity index is 1.88. The third-order valence-corrected chi connectivity index (χ3v) is 4.41. The van der Waals surface area contributed by atoms with Crippen LogP contribution in [0.15, 0.2) is 47.7 Å². The molecule has 0 saturated heterocycles. The van der Waals surface area contributed by atoms with E-state index in [2.05, 4.69) is 64.1 Å². The van der Waals surface area contributed by atoms with Gasteiger partial charge in [-0.2, -0.15) is 0 Å². The first kappa shape index (κ1) is 17.8. The average molecular weight is 314 g/mol. The summed E-state index contributed by atoms with van der Waals surface area (Å²) < 4.78 is 11.4. The lowest BCUT2D eigenvalue weighted by Gasteiger charge is -2.22. The summed E-state index contributed by atoms with van der Waals surface area (Å²) in [4.78, 5) is 0. The van der Waals surface area contributed by atoms with Gasteiger partial charge in [0, 0.05) is 12.3 Å². The second-order valence-corrected chi connectivity index (χ2v) is 6.98. The predicted octanol–water partition coefficient (Wildman–Crippen LogP) is 5.46. The van der Waals surface area contributed by atoms with Crippen molar-refractivity contribution in [1.29, 1.82) is 0 Å². The first-order chi connectivity index (χ1) is 11.0. The minimum atomic E-state index is 0.385. The molecule has 1 aliphatic carbocycles. The Hall–Kier alpha value is -1.54. The van der Waals surface area contributed by atoms with Gasteiger partial charge in [0.2, 0.25) is 0 Å². The van der Waals surface area contributed by atoms with Gasteiger partial charge >= 0.3 is 0 Å². The van der Waals surface area contributed by atoms with Crippen molar-refractivity contribution in [1.82, 2.24) is 0 Å². The Kier molecular flexibility index (Phi) is 6.47. The van der Waals surface area contributed by atoms with Crippen LogP contribution in [0, 0.1) is 11.8 Å². The zero-order valence-corrected chi connectivity index (χ0v) is 15.1. The molecule has 1 aromatic carbocycles. The summed E-state index contributed by atoms with van der Waals surface area (Å²) in [7, 11) is 1.75. The summed E-state index contributed by atoms with van der Waals surface area (Å²) in [6.07, 6.45) is 5.51. The molecule has 2 heteroatoms. The molecule has 2 atom stereocenters. The standard InChI is InChI=1S/C21H30O2/c1-15(2)19-8-6-7-18(11-19)14-23-13-17(4)20-9-16(3)10-21(12-20)22-5/h6-9,11-12,15-17H,10,13-14H2,1-5H3. The van der Waals surface area contributed by atoms with Gasteiger partial charge in [0.1, 0.15) is 0 Å². The molecule has 126 valence electrons. The second kappa shape index (κ2) is 8.35. The van der Waals surface area contributed by atoms with E-state index in [1.807, 2.05) is 0 Å². The van der Waals surface area contributed by atoms with Crippen LogP contribution in [0.25, 0.3) is 0 Å². The molecule has 0 N–H and O–H groups in total. The molecular formula is C21H30O2. The molecular weight excluding hydrogens is 284 g/mol. The molecule has 0 spiro atoms. The van der Waals surface area contributed by atoms with E-state index in [9.17, 15) is 0 Å². The van der Waals surface area contributed by atoms with E-state index in [0.717, 1.165) is 18.8 Å². The van der Waals surface area contributed by atoms with E-state index < -0.39 is 0 Å². The van der Waals surface area contributed by atoms with E-state index in [4.69, 9.17) is 9.47 Å². The Bertz CT molecular complexity index is 569. The van der Waals surface area contributed by atoms with Crippen LogP contribution in [0.2, 0.25) is 0 Å². The first-order valence-electron chi connectivity index (χ1n) is 8.62. The minimum absolute atomic E-state index is 0.385. The topological polar surface area (TPSA) is 18.5 Å². The lowest BCUT2D eigenvalue weighted by atomic mass is 9.90. The van der Waals surface area contributed by atoms with Crippen molar-refractivity contribution in [3.05, 3.63) is 58.9 Å². The summed E-state index contributed by atoms with van der Waals surface area (Å²) >= 11 is 0. The Labute approximate surface area is 141 Å². The summed E-state index contributed by atoms with van der Waals surface area (Å²) in [5, 5.41) is 0. The molecule has 0 heterocycles. The fourth-order valence-corrected chi connectivity index (χ4v) is 2.94.